The Morgan fingerprint density at radius 3 is 2.95 bits per heavy atom. The smallest absolute Gasteiger partial charge is 0.273 e. The lowest BCUT2D eigenvalue weighted by molar-refractivity contribution is -0.114. The summed E-state index contributed by atoms with van der Waals surface area (Å²) in [4.78, 5) is 29.7. The predicted octanol–water partition coefficient (Wildman–Crippen LogP) is 1.81. The van der Waals surface area contributed by atoms with Crippen LogP contribution in [0.3, 0.4) is 0 Å². The molecule has 0 radical (unpaired) electrons. The Kier molecular flexibility index (Phi) is 3.93. The molecule has 0 saturated carbocycles. The van der Waals surface area contributed by atoms with E-state index in [2.05, 4.69) is 15.4 Å². The van der Waals surface area contributed by atoms with Crippen LogP contribution in [0.25, 0.3) is 0 Å². The molecule has 0 aliphatic carbocycles. The van der Waals surface area contributed by atoms with Crippen molar-refractivity contribution in [2.75, 3.05) is 11.9 Å². The molecule has 0 aromatic carbocycles. The molecule has 0 bridgehead atoms. The molecule has 2 amide bonds. The predicted molar refractivity (Wildman–Crippen MR) is 82.6 cm³/mol. The van der Waals surface area contributed by atoms with Crippen molar-refractivity contribution in [3.05, 3.63) is 29.0 Å². The molecule has 0 unspecified atom stereocenters. The van der Waals surface area contributed by atoms with Gasteiger partial charge < -0.3 is 10.2 Å². The fourth-order valence-electron chi connectivity index (χ4n) is 2.70. The standard InChI is InChI=1S/C14H17N5O2S/c1-9(20)16-14-17-11(8-22-14)13(21)19-5-3-4-12(19)10-6-15-18(2)7-10/h6-8,12H,3-5H2,1-2H3,(H,16,17,20)/t12-/m1/s1. The molecule has 3 heterocycles. The van der Waals surface area contributed by atoms with E-state index in [0.717, 1.165) is 18.4 Å². The van der Waals surface area contributed by atoms with Gasteiger partial charge in [-0.05, 0) is 12.8 Å². The van der Waals surface area contributed by atoms with Gasteiger partial charge in [0.25, 0.3) is 5.91 Å². The number of aromatic nitrogens is 3. The highest BCUT2D eigenvalue weighted by Gasteiger charge is 2.32. The van der Waals surface area contributed by atoms with Crippen LogP contribution in [0.5, 0.6) is 0 Å². The second kappa shape index (κ2) is 5.88. The number of carbonyl (C=O) groups excluding carboxylic acids is 2. The van der Waals surface area contributed by atoms with Crippen molar-refractivity contribution in [1.82, 2.24) is 19.7 Å². The van der Waals surface area contributed by atoms with E-state index in [4.69, 9.17) is 0 Å². The van der Waals surface area contributed by atoms with Crippen molar-refractivity contribution >= 4 is 28.3 Å². The van der Waals surface area contributed by atoms with Gasteiger partial charge in [-0.2, -0.15) is 5.10 Å². The molecular weight excluding hydrogens is 302 g/mol. The molecule has 1 aliphatic heterocycles. The van der Waals surface area contributed by atoms with E-state index < -0.39 is 0 Å². The topological polar surface area (TPSA) is 80.1 Å². The third-order valence-corrected chi connectivity index (χ3v) is 4.39. The summed E-state index contributed by atoms with van der Waals surface area (Å²) in [5.41, 5.74) is 1.43. The van der Waals surface area contributed by atoms with Gasteiger partial charge in [-0.1, -0.05) is 0 Å². The first-order chi connectivity index (χ1) is 10.5. The number of anilines is 1. The molecule has 3 rings (SSSR count). The summed E-state index contributed by atoms with van der Waals surface area (Å²) in [6.07, 6.45) is 5.65. The number of rotatable bonds is 3. The van der Waals surface area contributed by atoms with Crippen molar-refractivity contribution in [2.45, 2.75) is 25.8 Å². The first kappa shape index (κ1) is 14.7. The normalized spacial score (nSPS) is 17.7. The number of nitrogens with one attached hydrogen (secondary N) is 1. The summed E-state index contributed by atoms with van der Waals surface area (Å²) in [6, 6.07) is 0.0483. The van der Waals surface area contributed by atoms with Crippen molar-refractivity contribution in [3.63, 3.8) is 0 Å². The van der Waals surface area contributed by atoms with Crippen molar-refractivity contribution in [1.29, 1.82) is 0 Å². The lowest BCUT2D eigenvalue weighted by Crippen LogP contribution is -2.30. The molecule has 2 aromatic rings. The van der Waals surface area contributed by atoms with Crippen molar-refractivity contribution in [3.8, 4) is 0 Å². The third-order valence-electron chi connectivity index (χ3n) is 3.63. The van der Waals surface area contributed by atoms with Crippen LogP contribution >= 0.6 is 11.3 Å². The quantitative estimate of drug-likeness (QED) is 0.935. The van der Waals surface area contributed by atoms with E-state index in [1.807, 2.05) is 18.1 Å². The number of hydrogen-bond donors (Lipinski definition) is 1. The summed E-state index contributed by atoms with van der Waals surface area (Å²) in [7, 11) is 1.87. The SMILES string of the molecule is CC(=O)Nc1nc(C(=O)N2CCC[C@@H]2c2cnn(C)c2)cs1. The Labute approximate surface area is 132 Å². The zero-order valence-corrected chi connectivity index (χ0v) is 13.3. The largest absolute Gasteiger partial charge is 0.330 e. The highest BCUT2D eigenvalue weighted by molar-refractivity contribution is 7.14. The van der Waals surface area contributed by atoms with Crippen LogP contribution < -0.4 is 5.32 Å². The molecule has 1 N–H and O–H groups in total. The zero-order valence-electron chi connectivity index (χ0n) is 12.4. The second-order valence-corrected chi connectivity index (χ2v) is 6.18. The summed E-state index contributed by atoms with van der Waals surface area (Å²) in [5.74, 6) is -0.290. The summed E-state index contributed by atoms with van der Waals surface area (Å²) in [5, 5.41) is 8.92. The molecule has 2 aromatic heterocycles. The fourth-order valence-corrected chi connectivity index (χ4v) is 3.43. The minimum absolute atomic E-state index is 0.0483. The highest BCUT2D eigenvalue weighted by atomic mass is 32.1. The van der Waals surface area contributed by atoms with Crippen LogP contribution in [0.4, 0.5) is 5.13 Å². The monoisotopic (exact) mass is 319 g/mol. The average Bonchev–Trinajstić information content (AvgIpc) is 3.16. The maximum Gasteiger partial charge on any atom is 0.273 e. The maximum atomic E-state index is 12.7. The minimum Gasteiger partial charge on any atom is -0.330 e. The number of nitrogens with zero attached hydrogens (tertiary/aromatic N) is 4. The van der Waals surface area contributed by atoms with Gasteiger partial charge in [0, 0.05) is 37.7 Å². The van der Waals surface area contributed by atoms with E-state index in [9.17, 15) is 9.59 Å². The number of aryl methyl sites for hydroxylation is 1. The summed E-state index contributed by atoms with van der Waals surface area (Å²) < 4.78 is 1.74. The van der Waals surface area contributed by atoms with E-state index in [0.29, 0.717) is 17.4 Å². The van der Waals surface area contributed by atoms with Gasteiger partial charge in [-0.15, -0.1) is 11.3 Å². The molecule has 1 saturated heterocycles. The van der Waals surface area contributed by atoms with Crippen LogP contribution in [0.1, 0.15) is 41.9 Å². The Morgan fingerprint density at radius 2 is 2.27 bits per heavy atom. The van der Waals surface area contributed by atoms with Gasteiger partial charge in [0.1, 0.15) is 5.69 Å². The van der Waals surface area contributed by atoms with Crippen LogP contribution in [0, 0.1) is 0 Å². The molecule has 1 atom stereocenters. The van der Waals surface area contributed by atoms with E-state index in [1.54, 1.807) is 16.3 Å². The van der Waals surface area contributed by atoms with Gasteiger partial charge in [0.2, 0.25) is 5.91 Å². The maximum absolute atomic E-state index is 12.7. The lowest BCUT2D eigenvalue weighted by atomic mass is 10.1. The lowest BCUT2D eigenvalue weighted by Gasteiger charge is -2.22. The number of likely N-dealkylation sites (tertiary alicyclic amines) is 1. The Balaban J connectivity index is 1.78. The molecule has 7 nitrogen and oxygen atoms in total. The number of amides is 2. The minimum atomic E-state index is -0.192. The van der Waals surface area contributed by atoms with Gasteiger partial charge in [0.15, 0.2) is 5.13 Å². The Bertz CT molecular complexity index is 708. The molecule has 1 fully saturated rings. The van der Waals surface area contributed by atoms with Crippen LogP contribution in [0.15, 0.2) is 17.8 Å². The molecular formula is C14H17N5O2S. The van der Waals surface area contributed by atoms with Gasteiger partial charge in [-0.3, -0.25) is 14.3 Å². The van der Waals surface area contributed by atoms with Crippen molar-refractivity contribution < 1.29 is 9.59 Å². The molecule has 116 valence electrons. The molecule has 8 heteroatoms. The van der Waals surface area contributed by atoms with E-state index in [-0.39, 0.29) is 17.9 Å². The van der Waals surface area contributed by atoms with Crippen LogP contribution in [-0.4, -0.2) is 38.0 Å². The average molecular weight is 319 g/mol. The van der Waals surface area contributed by atoms with E-state index in [1.165, 1.54) is 18.3 Å². The molecule has 0 spiro atoms. The third kappa shape index (κ3) is 2.87. The summed E-state index contributed by atoms with van der Waals surface area (Å²) >= 11 is 1.26. The number of carbonyl (C=O) groups is 2. The van der Waals surface area contributed by atoms with E-state index >= 15 is 0 Å². The van der Waals surface area contributed by atoms with Crippen LogP contribution in [-0.2, 0) is 11.8 Å². The van der Waals surface area contributed by atoms with Crippen molar-refractivity contribution in [2.24, 2.45) is 7.05 Å². The Hall–Kier alpha value is -2.22. The zero-order chi connectivity index (χ0) is 15.7. The van der Waals surface area contributed by atoms with Gasteiger partial charge in [0.05, 0.1) is 12.2 Å². The fraction of sp³-hybridized carbons (Fsp3) is 0.429. The number of thiazole rings is 1. The summed E-state index contributed by atoms with van der Waals surface area (Å²) in [6.45, 7) is 2.13. The first-order valence-electron chi connectivity index (χ1n) is 7.07. The molecule has 22 heavy (non-hydrogen) atoms. The second-order valence-electron chi connectivity index (χ2n) is 5.32. The first-order valence-corrected chi connectivity index (χ1v) is 7.95. The molecule has 1 aliphatic rings. The Morgan fingerprint density at radius 1 is 1.45 bits per heavy atom. The van der Waals surface area contributed by atoms with Gasteiger partial charge >= 0.3 is 0 Å². The van der Waals surface area contributed by atoms with Gasteiger partial charge in [-0.25, -0.2) is 4.98 Å². The van der Waals surface area contributed by atoms with Crippen LogP contribution in [0.2, 0.25) is 0 Å². The number of hydrogen-bond acceptors (Lipinski definition) is 5. The highest BCUT2D eigenvalue weighted by Crippen LogP contribution is 2.33.